The van der Waals surface area contributed by atoms with Crippen molar-refractivity contribution >= 4 is 21.8 Å². The molecule has 3 heteroatoms. The molecule has 0 bridgehead atoms. The van der Waals surface area contributed by atoms with Gasteiger partial charge in [-0.05, 0) is 31.1 Å². The minimum Gasteiger partial charge on any atom is -0.342 e. The van der Waals surface area contributed by atoms with Crippen LogP contribution in [-0.4, -0.2) is 29.2 Å². The lowest BCUT2D eigenvalue weighted by Gasteiger charge is -2.35. The summed E-state index contributed by atoms with van der Waals surface area (Å²) in [5.74, 6) is 1.68. The molecule has 0 radical (unpaired) electrons. The SMILES string of the molecule is CC(C)C(C)C(=O)N1CCCC(CCBr)C1. The molecule has 2 unspecified atom stereocenters. The maximum absolute atomic E-state index is 12.2. The van der Waals surface area contributed by atoms with Crippen LogP contribution in [0.3, 0.4) is 0 Å². The van der Waals surface area contributed by atoms with Crippen LogP contribution in [0.5, 0.6) is 0 Å². The highest BCUT2D eigenvalue weighted by atomic mass is 79.9. The van der Waals surface area contributed by atoms with Crippen LogP contribution < -0.4 is 0 Å². The van der Waals surface area contributed by atoms with Gasteiger partial charge < -0.3 is 4.90 Å². The second-order valence-corrected chi connectivity index (χ2v) is 6.10. The fourth-order valence-electron chi connectivity index (χ4n) is 2.23. The second-order valence-electron chi connectivity index (χ2n) is 5.30. The number of rotatable bonds is 4. The van der Waals surface area contributed by atoms with Crippen molar-refractivity contribution in [3.63, 3.8) is 0 Å². The van der Waals surface area contributed by atoms with Crippen molar-refractivity contribution in [3.8, 4) is 0 Å². The predicted octanol–water partition coefficient (Wildman–Crippen LogP) is 3.30. The van der Waals surface area contributed by atoms with Gasteiger partial charge in [-0.2, -0.15) is 0 Å². The van der Waals surface area contributed by atoms with Gasteiger partial charge in [-0.1, -0.05) is 36.7 Å². The van der Waals surface area contributed by atoms with E-state index >= 15 is 0 Å². The van der Waals surface area contributed by atoms with Crippen LogP contribution in [0.15, 0.2) is 0 Å². The van der Waals surface area contributed by atoms with Crippen LogP contribution in [0.1, 0.15) is 40.0 Å². The van der Waals surface area contributed by atoms with Gasteiger partial charge in [0.1, 0.15) is 0 Å². The zero-order valence-electron chi connectivity index (χ0n) is 10.7. The number of halogens is 1. The first-order valence-corrected chi connectivity index (χ1v) is 7.53. The Labute approximate surface area is 108 Å². The summed E-state index contributed by atoms with van der Waals surface area (Å²) in [7, 11) is 0. The molecule has 0 N–H and O–H groups in total. The first-order chi connectivity index (χ1) is 7.56. The topological polar surface area (TPSA) is 20.3 Å². The van der Waals surface area contributed by atoms with E-state index in [1.807, 2.05) is 0 Å². The summed E-state index contributed by atoms with van der Waals surface area (Å²) in [6.45, 7) is 8.25. The highest BCUT2D eigenvalue weighted by Crippen LogP contribution is 2.23. The number of amides is 1. The van der Waals surface area contributed by atoms with Crippen molar-refractivity contribution in [3.05, 3.63) is 0 Å². The van der Waals surface area contributed by atoms with E-state index in [4.69, 9.17) is 0 Å². The van der Waals surface area contributed by atoms with Gasteiger partial charge >= 0.3 is 0 Å². The summed E-state index contributed by atoms with van der Waals surface area (Å²) in [6, 6.07) is 0. The van der Waals surface area contributed by atoms with Gasteiger partial charge in [-0.25, -0.2) is 0 Å². The van der Waals surface area contributed by atoms with Crippen molar-refractivity contribution in [1.29, 1.82) is 0 Å². The number of piperidine rings is 1. The monoisotopic (exact) mass is 289 g/mol. The Kier molecular flexibility index (Phi) is 5.81. The van der Waals surface area contributed by atoms with Gasteiger partial charge in [-0.15, -0.1) is 0 Å². The van der Waals surface area contributed by atoms with E-state index in [0.717, 1.165) is 18.4 Å². The van der Waals surface area contributed by atoms with E-state index in [-0.39, 0.29) is 5.92 Å². The summed E-state index contributed by atoms with van der Waals surface area (Å²) in [5.41, 5.74) is 0. The molecule has 0 spiro atoms. The molecule has 1 rings (SSSR count). The number of hydrogen-bond acceptors (Lipinski definition) is 1. The molecule has 1 heterocycles. The molecule has 0 aromatic carbocycles. The second kappa shape index (κ2) is 6.63. The van der Waals surface area contributed by atoms with Crippen molar-refractivity contribution in [2.75, 3.05) is 18.4 Å². The summed E-state index contributed by atoms with van der Waals surface area (Å²) in [5, 5.41) is 1.05. The molecule has 1 aliphatic heterocycles. The van der Waals surface area contributed by atoms with Crippen molar-refractivity contribution < 1.29 is 4.79 Å². The predicted molar refractivity (Wildman–Crippen MR) is 71.7 cm³/mol. The molecule has 94 valence electrons. The summed E-state index contributed by atoms with van der Waals surface area (Å²) < 4.78 is 0. The minimum absolute atomic E-state index is 0.169. The number of carbonyl (C=O) groups is 1. The molecule has 1 fully saturated rings. The molecule has 0 aliphatic carbocycles. The van der Waals surface area contributed by atoms with E-state index in [2.05, 4.69) is 41.6 Å². The average molecular weight is 290 g/mol. The zero-order chi connectivity index (χ0) is 12.1. The number of hydrogen-bond donors (Lipinski definition) is 0. The molecule has 0 aromatic heterocycles. The van der Waals surface area contributed by atoms with Gasteiger partial charge in [0.2, 0.25) is 5.91 Å². The van der Waals surface area contributed by atoms with E-state index in [1.165, 1.54) is 19.3 Å². The van der Waals surface area contributed by atoms with Crippen molar-refractivity contribution in [1.82, 2.24) is 4.90 Å². The van der Waals surface area contributed by atoms with Crippen LogP contribution in [0.4, 0.5) is 0 Å². The fraction of sp³-hybridized carbons (Fsp3) is 0.923. The molecule has 1 amide bonds. The summed E-state index contributed by atoms with van der Waals surface area (Å²) >= 11 is 3.49. The fourth-order valence-corrected chi connectivity index (χ4v) is 2.88. The number of nitrogens with zero attached hydrogens (tertiary/aromatic N) is 1. The number of alkyl halides is 1. The van der Waals surface area contributed by atoms with Crippen LogP contribution in [0, 0.1) is 17.8 Å². The van der Waals surface area contributed by atoms with Gasteiger partial charge in [0.25, 0.3) is 0 Å². The molecule has 2 atom stereocenters. The maximum atomic E-state index is 12.2. The van der Waals surface area contributed by atoms with E-state index in [9.17, 15) is 4.79 Å². The molecular formula is C13H24BrNO. The third-order valence-electron chi connectivity index (χ3n) is 3.74. The van der Waals surface area contributed by atoms with E-state index in [1.54, 1.807) is 0 Å². The lowest BCUT2D eigenvalue weighted by atomic mass is 9.92. The standard InChI is InChI=1S/C13H24BrNO/c1-10(2)11(3)13(16)15-8-4-5-12(9-15)6-7-14/h10-12H,4-9H2,1-3H3. The highest BCUT2D eigenvalue weighted by Gasteiger charge is 2.27. The summed E-state index contributed by atoms with van der Waals surface area (Å²) in [4.78, 5) is 14.3. The average Bonchev–Trinajstić information content (AvgIpc) is 2.28. The van der Waals surface area contributed by atoms with Crippen LogP contribution in [-0.2, 0) is 4.79 Å². The first kappa shape index (κ1) is 14.0. The first-order valence-electron chi connectivity index (χ1n) is 6.41. The molecule has 0 aromatic rings. The number of carbonyl (C=O) groups excluding carboxylic acids is 1. The molecule has 0 saturated carbocycles. The Balaban J connectivity index is 2.49. The third-order valence-corrected chi connectivity index (χ3v) is 4.20. The Morgan fingerprint density at radius 2 is 2.12 bits per heavy atom. The minimum atomic E-state index is 0.169. The third kappa shape index (κ3) is 3.76. The molecular weight excluding hydrogens is 266 g/mol. The van der Waals surface area contributed by atoms with Crippen molar-refractivity contribution in [2.24, 2.45) is 17.8 Å². The molecule has 1 saturated heterocycles. The van der Waals surface area contributed by atoms with E-state index < -0.39 is 0 Å². The Morgan fingerprint density at radius 1 is 1.44 bits per heavy atom. The van der Waals surface area contributed by atoms with Crippen LogP contribution >= 0.6 is 15.9 Å². The lowest BCUT2D eigenvalue weighted by Crippen LogP contribution is -2.43. The highest BCUT2D eigenvalue weighted by molar-refractivity contribution is 9.09. The number of likely N-dealkylation sites (tertiary alicyclic amines) is 1. The summed E-state index contributed by atoms with van der Waals surface area (Å²) in [6.07, 6.45) is 3.65. The van der Waals surface area contributed by atoms with Crippen molar-refractivity contribution in [2.45, 2.75) is 40.0 Å². The molecule has 2 nitrogen and oxygen atoms in total. The van der Waals surface area contributed by atoms with Crippen LogP contribution in [0.2, 0.25) is 0 Å². The van der Waals surface area contributed by atoms with Gasteiger partial charge in [0, 0.05) is 24.3 Å². The quantitative estimate of drug-likeness (QED) is 0.727. The smallest absolute Gasteiger partial charge is 0.225 e. The van der Waals surface area contributed by atoms with Gasteiger partial charge in [-0.3, -0.25) is 4.79 Å². The Bertz CT molecular complexity index is 228. The molecule has 16 heavy (non-hydrogen) atoms. The van der Waals surface area contributed by atoms with Crippen LogP contribution in [0.25, 0.3) is 0 Å². The maximum Gasteiger partial charge on any atom is 0.225 e. The normalized spacial score (nSPS) is 23.6. The Hall–Kier alpha value is -0.0500. The zero-order valence-corrected chi connectivity index (χ0v) is 12.3. The molecule has 1 aliphatic rings. The van der Waals surface area contributed by atoms with E-state index in [0.29, 0.717) is 17.7 Å². The van der Waals surface area contributed by atoms with Gasteiger partial charge in [0.05, 0.1) is 0 Å². The lowest BCUT2D eigenvalue weighted by molar-refractivity contribution is -0.138. The largest absolute Gasteiger partial charge is 0.342 e. The van der Waals surface area contributed by atoms with Gasteiger partial charge in [0.15, 0.2) is 0 Å². The Morgan fingerprint density at radius 3 is 2.69 bits per heavy atom.